The van der Waals surface area contributed by atoms with Gasteiger partial charge in [-0.1, -0.05) is 18.6 Å². The molecule has 2 aromatic rings. The van der Waals surface area contributed by atoms with Crippen molar-refractivity contribution in [2.45, 2.75) is 29.6 Å². The van der Waals surface area contributed by atoms with Crippen molar-refractivity contribution < 1.29 is 28.0 Å². The van der Waals surface area contributed by atoms with E-state index in [9.17, 15) is 23.3 Å². The molecule has 2 aromatic carbocycles. The molecular formula is C18H19BN2O6S. The fraction of sp³-hybridized carbons (Fsp3) is 0.278. The first kappa shape index (κ1) is 18.8. The molecule has 4 rings (SSSR count). The number of methoxy groups -OCH3 is 1. The maximum absolute atomic E-state index is 12.9. The summed E-state index contributed by atoms with van der Waals surface area (Å²) in [5.41, 5.74) is 0.403. The third-order valence-corrected chi connectivity index (χ3v) is 6.87. The smallest absolute Gasteiger partial charge is 0.490 e. The van der Waals surface area contributed by atoms with Gasteiger partial charge >= 0.3 is 7.12 Å². The average Bonchev–Trinajstić information content (AvgIpc) is 2.92. The Morgan fingerprint density at radius 2 is 1.93 bits per heavy atom. The quantitative estimate of drug-likeness (QED) is 0.542. The number of rotatable bonds is 5. The normalized spacial score (nSPS) is 16.9. The van der Waals surface area contributed by atoms with Crippen molar-refractivity contribution in [3.8, 4) is 5.75 Å². The Morgan fingerprint density at radius 1 is 1.21 bits per heavy atom. The Bertz CT molecular complexity index is 1070. The van der Waals surface area contributed by atoms with E-state index in [-0.39, 0.29) is 27.7 Å². The molecule has 4 N–H and O–H groups in total. The monoisotopic (exact) mass is 402 g/mol. The summed E-state index contributed by atoms with van der Waals surface area (Å²) in [6.45, 7) is 0. The summed E-state index contributed by atoms with van der Waals surface area (Å²) in [6.07, 6.45) is 2.14. The minimum absolute atomic E-state index is 0.0448. The van der Waals surface area contributed by atoms with Gasteiger partial charge in [-0.3, -0.25) is 9.52 Å². The first-order valence-corrected chi connectivity index (χ1v) is 10.3. The van der Waals surface area contributed by atoms with Crippen molar-refractivity contribution >= 4 is 39.9 Å². The van der Waals surface area contributed by atoms with E-state index in [1.807, 2.05) is 0 Å². The van der Waals surface area contributed by atoms with Gasteiger partial charge in [0.05, 0.1) is 12.5 Å². The molecule has 1 spiro atoms. The first-order valence-electron chi connectivity index (χ1n) is 8.80. The zero-order chi connectivity index (χ0) is 20.1. The third kappa shape index (κ3) is 2.76. The predicted octanol–water partition coefficient (Wildman–Crippen LogP) is 0.550. The van der Waals surface area contributed by atoms with Gasteiger partial charge in [0.1, 0.15) is 10.6 Å². The SMILES string of the molecule is COc1ccccc1S(=O)(=O)Nc1cc(B(O)O)c2c(c1)C1(CCC1)C(=O)N2. The lowest BCUT2D eigenvalue weighted by Gasteiger charge is -2.36. The van der Waals surface area contributed by atoms with Crippen molar-refractivity contribution in [2.75, 3.05) is 17.1 Å². The molecule has 2 aliphatic rings. The van der Waals surface area contributed by atoms with Crippen LogP contribution in [0.3, 0.4) is 0 Å². The number of fused-ring (bicyclic) bond motifs is 2. The van der Waals surface area contributed by atoms with E-state index in [2.05, 4.69) is 10.0 Å². The topological polar surface area (TPSA) is 125 Å². The second kappa shape index (κ2) is 6.51. The molecule has 0 radical (unpaired) electrons. The summed E-state index contributed by atoms with van der Waals surface area (Å²) in [4.78, 5) is 12.4. The van der Waals surface area contributed by atoms with Crippen LogP contribution in [0, 0.1) is 0 Å². The summed E-state index contributed by atoms with van der Waals surface area (Å²) in [5, 5.41) is 22.3. The highest BCUT2D eigenvalue weighted by molar-refractivity contribution is 7.92. The third-order valence-electron chi connectivity index (χ3n) is 5.45. The number of carbonyl (C=O) groups is 1. The highest BCUT2D eigenvalue weighted by Gasteiger charge is 2.52. The molecule has 146 valence electrons. The van der Waals surface area contributed by atoms with Crippen molar-refractivity contribution in [1.82, 2.24) is 0 Å². The van der Waals surface area contributed by atoms with Crippen LogP contribution in [0.15, 0.2) is 41.3 Å². The number of anilines is 2. The molecule has 8 nitrogen and oxygen atoms in total. The van der Waals surface area contributed by atoms with Crippen molar-refractivity contribution in [2.24, 2.45) is 0 Å². The second-order valence-electron chi connectivity index (χ2n) is 7.01. The van der Waals surface area contributed by atoms with Crippen LogP contribution in [0.1, 0.15) is 24.8 Å². The summed E-state index contributed by atoms with van der Waals surface area (Å²) >= 11 is 0. The highest BCUT2D eigenvalue weighted by Crippen LogP contribution is 2.51. The molecule has 0 unspecified atom stereocenters. The van der Waals surface area contributed by atoms with Crippen LogP contribution < -0.4 is 20.2 Å². The Labute approximate surface area is 162 Å². The van der Waals surface area contributed by atoms with E-state index in [4.69, 9.17) is 4.74 Å². The lowest BCUT2D eigenvalue weighted by molar-refractivity contribution is -0.123. The van der Waals surface area contributed by atoms with Crippen molar-refractivity contribution in [3.05, 3.63) is 42.0 Å². The molecule has 1 saturated carbocycles. The summed E-state index contributed by atoms with van der Waals surface area (Å²) in [6, 6.07) is 9.08. The number of carbonyl (C=O) groups excluding carboxylic acids is 1. The van der Waals surface area contributed by atoms with Gasteiger partial charge in [-0.05, 0) is 42.7 Å². The minimum atomic E-state index is -4.00. The Morgan fingerprint density at radius 3 is 2.54 bits per heavy atom. The molecular weight excluding hydrogens is 383 g/mol. The number of ether oxygens (including phenoxy) is 1. The van der Waals surface area contributed by atoms with E-state index in [1.54, 1.807) is 18.2 Å². The average molecular weight is 402 g/mol. The van der Waals surface area contributed by atoms with E-state index in [0.29, 0.717) is 24.1 Å². The second-order valence-corrected chi connectivity index (χ2v) is 8.66. The number of hydrogen-bond donors (Lipinski definition) is 4. The molecule has 0 aromatic heterocycles. The van der Waals surface area contributed by atoms with Crippen molar-refractivity contribution in [3.63, 3.8) is 0 Å². The van der Waals surface area contributed by atoms with Crippen LogP contribution in [0.4, 0.5) is 11.4 Å². The molecule has 0 atom stereocenters. The van der Waals surface area contributed by atoms with Gasteiger partial charge < -0.3 is 20.1 Å². The lowest BCUT2D eigenvalue weighted by Crippen LogP contribution is -2.40. The number of para-hydroxylation sites is 1. The highest BCUT2D eigenvalue weighted by atomic mass is 32.2. The predicted molar refractivity (Wildman–Crippen MR) is 104 cm³/mol. The van der Waals surface area contributed by atoms with Gasteiger partial charge in [0.15, 0.2) is 0 Å². The van der Waals surface area contributed by atoms with Crippen LogP contribution in [-0.4, -0.2) is 38.6 Å². The van der Waals surface area contributed by atoms with Gasteiger partial charge in [-0.15, -0.1) is 0 Å². The van der Waals surface area contributed by atoms with Gasteiger partial charge in [0, 0.05) is 16.8 Å². The molecule has 28 heavy (non-hydrogen) atoms. The van der Waals surface area contributed by atoms with Gasteiger partial charge in [-0.25, -0.2) is 8.42 Å². The Balaban J connectivity index is 1.80. The van der Waals surface area contributed by atoms with Crippen LogP contribution in [0.25, 0.3) is 0 Å². The zero-order valence-corrected chi connectivity index (χ0v) is 15.9. The number of amides is 1. The van der Waals surface area contributed by atoms with E-state index < -0.39 is 22.6 Å². The molecule has 0 bridgehead atoms. The van der Waals surface area contributed by atoms with Crippen LogP contribution >= 0.6 is 0 Å². The molecule has 1 fully saturated rings. The van der Waals surface area contributed by atoms with Crippen LogP contribution in [0.5, 0.6) is 5.75 Å². The molecule has 0 saturated heterocycles. The number of nitrogens with one attached hydrogen (secondary N) is 2. The summed E-state index contributed by atoms with van der Waals surface area (Å²) in [7, 11) is -4.48. The molecule has 1 heterocycles. The number of hydrogen-bond acceptors (Lipinski definition) is 6. The molecule has 1 aliphatic heterocycles. The summed E-state index contributed by atoms with van der Waals surface area (Å²) in [5.74, 6) is -0.00808. The maximum Gasteiger partial charge on any atom is 0.490 e. The maximum atomic E-state index is 12.9. The van der Waals surface area contributed by atoms with E-state index in [1.165, 1.54) is 25.3 Å². The Kier molecular flexibility index (Phi) is 4.37. The van der Waals surface area contributed by atoms with Gasteiger partial charge in [0.25, 0.3) is 10.0 Å². The van der Waals surface area contributed by atoms with Crippen LogP contribution in [0.2, 0.25) is 0 Å². The zero-order valence-electron chi connectivity index (χ0n) is 15.1. The lowest BCUT2D eigenvalue weighted by atomic mass is 9.64. The van der Waals surface area contributed by atoms with Gasteiger partial charge in [-0.2, -0.15) is 0 Å². The van der Waals surface area contributed by atoms with Crippen molar-refractivity contribution in [1.29, 1.82) is 0 Å². The molecule has 10 heteroatoms. The first-order chi connectivity index (χ1) is 13.3. The fourth-order valence-corrected chi connectivity index (χ4v) is 5.09. The van der Waals surface area contributed by atoms with Gasteiger partial charge in [0.2, 0.25) is 5.91 Å². The van der Waals surface area contributed by atoms with E-state index in [0.717, 1.165) is 6.42 Å². The number of sulfonamides is 1. The van der Waals surface area contributed by atoms with E-state index >= 15 is 0 Å². The fourth-order valence-electron chi connectivity index (χ4n) is 3.88. The van der Waals surface area contributed by atoms with Crippen LogP contribution in [-0.2, 0) is 20.2 Å². The summed E-state index contributed by atoms with van der Waals surface area (Å²) < 4.78 is 33.3. The molecule has 1 amide bonds. The molecule has 1 aliphatic carbocycles. The minimum Gasteiger partial charge on any atom is -0.495 e. The Hall–Kier alpha value is -2.56. The standard InChI is InChI=1S/C18H19BN2O6S/c1-27-14-5-2-3-6-15(14)28(25,26)21-11-9-12-16(13(10-11)19(23)24)20-17(22)18(12)7-4-8-18/h2-3,5-6,9-10,21,23-24H,4,7-8H2,1H3,(H,20,22). The number of benzene rings is 2. The largest absolute Gasteiger partial charge is 0.495 e.